The molecule has 1 heterocycles. The van der Waals surface area contributed by atoms with Crippen LogP contribution in [-0.4, -0.2) is 30.6 Å². The second-order valence-electron chi connectivity index (χ2n) is 4.77. The highest BCUT2D eigenvalue weighted by Gasteiger charge is 2.11. The number of nitrogens with one attached hydrogen (secondary N) is 2. The number of anilines is 3. The first kappa shape index (κ1) is 22.1. The third kappa shape index (κ3) is 7.14. The lowest BCUT2D eigenvalue weighted by molar-refractivity contribution is -0.118. The van der Waals surface area contributed by atoms with Crippen molar-refractivity contribution in [2.24, 2.45) is 5.73 Å². The molecule has 24 heavy (non-hydrogen) atoms. The number of carbonyl (C=O) groups is 1. The lowest BCUT2D eigenvalue weighted by Gasteiger charge is -2.12. The van der Waals surface area contributed by atoms with Gasteiger partial charge in [0.15, 0.2) is 0 Å². The Morgan fingerprint density at radius 2 is 1.88 bits per heavy atom. The molecule has 0 radical (unpaired) electrons. The van der Waals surface area contributed by atoms with Crippen LogP contribution in [0.2, 0.25) is 0 Å². The smallest absolute Gasteiger partial charge is 0.227 e. The third-order valence-electron chi connectivity index (χ3n) is 3.10. The van der Waals surface area contributed by atoms with Gasteiger partial charge in [0.25, 0.3) is 0 Å². The van der Waals surface area contributed by atoms with Gasteiger partial charge in [0.1, 0.15) is 5.82 Å². The predicted octanol–water partition coefficient (Wildman–Crippen LogP) is 2.97. The van der Waals surface area contributed by atoms with Crippen molar-refractivity contribution in [3.05, 3.63) is 48.7 Å². The molecule has 0 spiro atoms. The first-order valence-corrected chi connectivity index (χ1v) is 7.02. The molecule has 6 nitrogen and oxygen atoms in total. The summed E-state index contributed by atoms with van der Waals surface area (Å²) in [5, 5.41) is 5.94. The van der Waals surface area contributed by atoms with Crippen LogP contribution in [-0.2, 0) is 9.53 Å². The number of para-hydroxylation sites is 1. The van der Waals surface area contributed by atoms with Crippen molar-refractivity contribution in [2.75, 3.05) is 24.3 Å². The van der Waals surface area contributed by atoms with E-state index in [1.165, 1.54) is 7.11 Å². The largest absolute Gasteiger partial charge is 0.380 e. The van der Waals surface area contributed by atoms with Crippen LogP contribution in [0.3, 0.4) is 0 Å². The second kappa shape index (κ2) is 11.6. The Balaban J connectivity index is 0.00000264. The summed E-state index contributed by atoms with van der Waals surface area (Å²) >= 11 is 0. The van der Waals surface area contributed by atoms with Crippen LogP contribution >= 0.6 is 24.8 Å². The van der Waals surface area contributed by atoms with Crippen molar-refractivity contribution < 1.29 is 9.53 Å². The maximum atomic E-state index is 11.8. The number of rotatable bonds is 7. The number of methoxy groups -OCH3 is 1. The quantitative estimate of drug-likeness (QED) is 0.694. The van der Waals surface area contributed by atoms with E-state index in [1.54, 1.807) is 18.3 Å². The summed E-state index contributed by atoms with van der Waals surface area (Å²) in [4.78, 5) is 16.1. The minimum absolute atomic E-state index is 0. The first-order chi connectivity index (χ1) is 10.7. The zero-order valence-electron chi connectivity index (χ0n) is 13.3. The van der Waals surface area contributed by atoms with E-state index in [-0.39, 0.29) is 43.2 Å². The predicted molar refractivity (Wildman–Crippen MR) is 102 cm³/mol. The lowest BCUT2D eigenvalue weighted by Crippen LogP contribution is -2.28. The van der Waals surface area contributed by atoms with Crippen molar-refractivity contribution in [3.63, 3.8) is 0 Å². The zero-order valence-corrected chi connectivity index (χ0v) is 14.9. The van der Waals surface area contributed by atoms with E-state index < -0.39 is 0 Å². The van der Waals surface area contributed by atoms with Crippen LogP contribution in [0, 0.1) is 0 Å². The van der Waals surface area contributed by atoms with Gasteiger partial charge >= 0.3 is 0 Å². The van der Waals surface area contributed by atoms with Gasteiger partial charge in [-0.2, -0.15) is 0 Å². The van der Waals surface area contributed by atoms with Gasteiger partial charge in [0, 0.05) is 19.3 Å². The number of aromatic nitrogens is 1. The van der Waals surface area contributed by atoms with E-state index in [0.29, 0.717) is 18.1 Å². The number of nitrogens with two attached hydrogens (primary N) is 1. The summed E-state index contributed by atoms with van der Waals surface area (Å²) in [5.41, 5.74) is 7.08. The van der Waals surface area contributed by atoms with Gasteiger partial charge in [0.2, 0.25) is 5.91 Å². The van der Waals surface area contributed by atoms with E-state index in [2.05, 4.69) is 15.6 Å². The molecule has 1 amide bonds. The summed E-state index contributed by atoms with van der Waals surface area (Å²) in [6.45, 7) is 0.308. The molecule has 1 unspecified atom stereocenters. The maximum absolute atomic E-state index is 11.8. The lowest BCUT2D eigenvalue weighted by atomic mass is 10.2. The van der Waals surface area contributed by atoms with Gasteiger partial charge in [0.05, 0.1) is 24.4 Å². The molecule has 2 rings (SSSR count). The minimum Gasteiger partial charge on any atom is -0.380 e. The molecule has 0 aliphatic heterocycles. The van der Waals surface area contributed by atoms with E-state index in [9.17, 15) is 4.79 Å². The van der Waals surface area contributed by atoms with E-state index in [1.807, 2.05) is 30.3 Å². The topological polar surface area (TPSA) is 89.3 Å². The van der Waals surface area contributed by atoms with Crippen molar-refractivity contribution in [1.82, 2.24) is 4.98 Å². The molecule has 0 bridgehead atoms. The fourth-order valence-corrected chi connectivity index (χ4v) is 1.89. The molecule has 1 atom stereocenters. The molecule has 1 aromatic heterocycles. The van der Waals surface area contributed by atoms with Gasteiger partial charge < -0.3 is 21.1 Å². The van der Waals surface area contributed by atoms with Crippen molar-refractivity contribution in [1.29, 1.82) is 0 Å². The average Bonchev–Trinajstić information content (AvgIpc) is 2.55. The molecule has 8 heteroatoms. The summed E-state index contributed by atoms with van der Waals surface area (Å²) in [7, 11) is 1.54. The van der Waals surface area contributed by atoms with Gasteiger partial charge in [-0.05, 0) is 24.3 Å². The van der Waals surface area contributed by atoms with Gasteiger partial charge in [-0.15, -0.1) is 24.8 Å². The molecular weight excluding hydrogens is 351 g/mol. The highest BCUT2D eigenvalue weighted by Crippen LogP contribution is 2.15. The Hall–Kier alpha value is -1.86. The summed E-state index contributed by atoms with van der Waals surface area (Å²) in [5.74, 6) is 0.559. The Kier molecular flexibility index (Phi) is 10.7. The van der Waals surface area contributed by atoms with Crippen LogP contribution in [0.5, 0.6) is 0 Å². The minimum atomic E-state index is -0.271. The number of ether oxygens (including phenoxy) is 1. The maximum Gasteiger partial charge on any atom is 0.227 e. The molecule has 0 aliphatic rings. The molecule has 0 aliphatic carbocycles. The van der Waals surface area contributed by atoms with Crippen LogP contribution in [0.1, 0.15) is 6.42 Å². The number of carbonyl (C=O) groups excluding carboxylic acids is 1. The average molecular weight is 373 g/mol. The van der Waals surface area contributed by atoms with Gasteiger partial charge in [-0.1, -0.05) is 18.2 Å². The molecule has 0 saturated carbocycles. The fraction of sp³-hybridized carbons (Fsp3) is 0.250. The molecule has 1 aromatic carbocycles. The Morgan fingerprint density at radius 3 is 2.42 bits per heavy atom. The molecule has 132 valence electrons. The van der Waals surface area contributed by atoms with Gasteiger partial charge in [-0.25, -0.2) is 4.98 Å². The Morgan fingerprint density at radius 1 is 1.17 bits per heavy atom. The van der Waals surface area contributed by atoms with E-state index >= 15 is 0 Å². The number of hydrogen-bond acceptors (Lipinski definition) is 5. The standard InChI is InChI=1S/C16H20N4O2.2ClH/c1-22-14(10-17)9-16(21)20-13-7-8-15(18-11-13)19-12-5-3-2-4-6-12;;/h2-8,11,14H,9-10,17H2,1H3,(H,18,19)(H,20,21);2*1H. The monoisotopic (exact) mass is 372 g/mol. The number of hydrogen-bond donors (Lipinski definition) is 3. The molecule has 4 N–H and O–H groups in total. The molecule has 2 aromatic rings. The number of amides is 1. The molecule has 0 fully saturated rings. The first-order valence-electron chi connectivity index (χ1n) is 7.02. The van der Waals surface area contributed by atoms with Crippen molar-refractivity contribution in [3.8, 4) is 0 Å². The summed E-state index contributed by atoms with van der Waals surface area (Å²) in [6.07, 6.45) is 1.55. The van der Waals surface area contributed by atoms with E-state index in [0.717, 1.165) is 5.69 Å². The number of pyridine rings is 1. The number of nitrogens with zero attached hydrogens (tertiary/aromatic N) is 1. The Bertz CT molecular complexity index is 593. The van der Waals surface area contributed by atoms with Gasteiger partial charge in [-0.3, -0.25) is 4.79 Å². The van der Waals surface area contributed by atoms with Crippen molar-refractivity contribution in [2.45, 2.75) is 12.5 Å². The number of halogens is 2. The second-order valence-corrected chi connectivity index (χ2v) is 4.77. The van der Waals surface area contributed by atoms with E-state index in [4.69, 9.17) is 10.5 Å². The highest BCUT2D eigenvalue weighted by atomic mass is 35.5. The van der Waals surface area contributed by atoms with Crippen molar-refractivity contribution >= 4 is 47.9 Å². The van der Waals surface area contributed by atoms with Crippen LogP contribution in [0.25, 0.3) is 0 Å². The zero-order chi connectivity index (χ0) is 15.8. The molecular formula is C16H22Cl2N4O2. The normalized spacial score (nSPS) is 10.8. The Labute approximate surface area is 154 Å². The molecule has 0 saturated heterocycles. The fourth-order valence-electron chi connectivity index (χ4n) is 1.89. The number of benzene rings is 1. The van der Waals surface area contributed by atoms with Crippen LogP contribution in [0.4, 0.5) is 17.2 Å². The SMILES string of the molecule is COC(CN)CC(=O)Nc1ccc(Nc2ccccc2)nc1.Cl.Cl. The summed E-state index contributed by atoms with van der Waals surface area (Å²) in [6, 6.07) is 13.3. The van der Waals surface area contributed by atoms with Crippen LogP contribution < -0.4 is 16.4 Å². The highest BCUT2D eigenvalue weighted by molar-refractivity contribution is 5.91. The third-order valence-corrected chi connectivity index (χ3v) is 3.10. The van der Waals surface area contributed by atoms with Crippen LogP contribution in [0.15, 0.2) is 48.7 Å². The summed E-state index contributed by atoms with van der Waals surface area (Å²) < 4.78 is 5.08.